The number of carboxylic acid groups (broad SMARTS) is 1. The van der Waals surface area contributed by atoms with Crippen LogP contribution in [0.5, 0.6) is 0 Å². The number of methoxy groups -OCH3 is 2. The second-order valence-electron chi connectivity index (χ2n) is 6.62. The number of hydrogen-bond acceptors (Lipinski definition) is 7. The SMILES string of the molecule is COC(=O)C1=C(C)N(c2ccc(C(=O)O)cc2)C(C)=C(C(=O)OC)C1c1ccco1. The third-order valence-corrected chi connectivity index (χ3v) is 5.04. The summed E-state index contributed by atoms with van der Waals surface area (Å²) in [6.07, 6.45) is 1.46. The number of esters is 2. The fraction of sp³-hybridized carbons (Fsp3) is 0.227. The number of hydrogen-bond donors (Lipinski definition) is 1. The Morgan fingerprint density at radius 1 is 0.933 bits per heavy atom. The average molecular weight is 411 g/mol. The predicted octanol–water partition coefficient (Wildman–Crippen LogP) is 3.48. The lowest BCUT2D eigenvalue weighted by Crippen LogP contribution is -2.35. The van der Waals surface area contributed by atoms with Crippen LogP contribution in [0.15, 0.2) is 69.6 Å². The molecule has 0 saturated carbocycles. The van der Waals surface area contributed by atoms with Crippen LogP contribution >= 0.6 is 0 Å². The van der Waals surface area contributed by atoms with Crippen molar-refractivity contribution in [3.05, 3.63) is 76.5 Å². The Morgan fingerprint density at radius 2 is 1.47 bits per heavy atom. The molecule has 0 saturated heterocycles. The van der Waals surface area contributed by atoms with Gasteiger partial charge in [-0.1, -0.05) is 0 Å². The van der Waals surface area contributed by atoms with Crippen molar-refractivity contribution in [3.8, 4) is 0 Å². The van der Waals surface area contributed by atoms with E-state index in [-0.39, 0.29) is 16.7 Å². The summed E-state index contributed by atoms with van der Waals surface area (Å²) in [5.74, 6) is -2.70. The van der Waals surface area contributed by atoms with Crippen molar-refractivity contribution in [1.82, 2.24) is 0 Å². The van der Waals surface area contributed by atoms with Crippen molar-refractivity contribution in [2.45, 2.75) is 19.8 Å². The molecule has 2 aromatic rings. The first-order valence-corrected chi connectivity index (χ1v) is 9.06. The van der Waals surface area contributed by atoms with Crippen molar-refractivity contribution >= 4 is 23.6 Å². The number of carbonyl (C=O) groups excluding carboxylic acids is 2. The lowest BCUT2D eigenvalue weighted by Gasteiger charge is -2.36. The van der Waals surface area contributed by atoms with Crippen molar-refractivity contribution in [2.24, 2.45) is 0 Å². The van der Waals surface area contributed by atoms with Crippen LogP contribution in [0.3, 0.4) is 0 Å². The molecule has 0 atom stereocenters. The number of aromatic carboxylic acids is 1. The van der Waals surface area contributed by atoms with Crippen LogP contribution < -0.4 is 4.90 Å². The van der Waals surface area contributed by atoms with Gasteiger partial charge in [0.15, 0.2) is 0 Å². The minimum absolute atomic E-state index is 0.119. The molecule has 8 nitrogen and oxygen atoms in total. The second kappa shape index (κ2) is 8.28. The van der Waals surface area contributed by atoms with E-state index in [9.17, 15) is 14.4 Å². The van der Waals surface area contributed by atoms with Gasteiger partial charge in [0.25, 0.3) is 0 Å². The van der Waals surface area contributed by atoms with Crippen LogP contribution in [-0.2, 0) is 19.1 Å². The summed E-state index contributed by atoms with van der Waals surface area (Å²) in [6.45, 7) is 3.45. The monoisotopic (exact) mass is 411 g/mol. The summed E-state index contributed by atoms with van der Waals surface area (Å²) in [4.78, 5) is 38.4. The van der Waals surface area contributed by atoms with E-state index < -0.39 is 23.8 Å². The van der Waals surface area contributed by atoms with Gasteiger partial charge in [0, 0.05) is 17.1 Å². The third-order valence-electron chi connectivity index (χ3n) is 5.04. The van der Waals surface area contributed by atoms with Gasteiger partial charge in [-0.05, 0) is 50.2 Å². The van der Waals surface area contributed by atoms with E-state index in [2.05, 4.69) is 0 Å². The Bertz CT molecular complexity index is 1010. The molecule has 156 valence electrons. The molecule has 0 bridgehead atoms. The predicted molar refractivity (Wildman–Crippen MR) is 107 cm³/mol. The number of furan rings is 1. The fourth-order valence-corrected chi connectivity index (χ4v) is 3.69. The van der Waals surface area contributed by atoms with E-state index in [0.717, 1.165) is 0 Å². The largest absolute Gasteiger partial charge is 0.478 e. The molecule has 1 aliphatic heterocycles. The van der Waals surface area contributed by atoms with E-state index >= 15 is 0 Å². The molecule has 0 radical (unpaired) electrons. The third kappa shape index (κ3) is 3.47. The van der Waals surface area contributed by atoms with Gasteiger partial charge in [-0.2, -0.15) is 0 Å². The first-order chi connectivity index (χ1) is 14.3. The van der Waals surface area contributed by atoms with Gasteiger partial charge in [0.05, 0.1) is 43.1 Å². The van der Waals surface area contributed by atoms with E-state index in [1.807, 2.05) is 0 Å². The highest BCUT2D eigenvalue weighted by atomic mass is 16.5. The highest BCUT2D eigenvalue weighted by Gasteiger charge is 2.42. The highest BCUT2D eigenvalue weighted by molar-refractivity contribution is 6.01. The lowest BCUT2D eigenvalue weighted by molar-refractivity contribution is -0.137. The average Bonchev–Trinajstić information content (AvgIpc) is 3.27. The summed E-state index contributed by atoms with van der Waals surface area (Å²) < 4.78 is 15.5. The smallest absolute Gasteiger partial charge is 0.336 e. The number of nitrogens with zero attached hydrogens (tertiary/aromatic N) is 1. The summed E-state index contributed by atoms with van der Waals surface area (Å²) in [5, 5.41) is 9.16. The molecule has 1 aliphatic rings. The number of carbonyl (C=O) groups is 3. The molecule has 0 fully saturated rings. The first kappa shape index (κ1) is 20.9. The van der Waals surface area contributed by atoms with Gasteiger partial charge in [0.1, 0.15) is 5.76 Å². The standard InChI is InChI=1S/C22H21NO7/c1-12-17(21(26)28-3)19(16-6-5-11-30-16)18(22(27)29-4)13(2)23(12)15-9-7-14(8-10-15)20(24)25/h5-11,19H,1-4H3,(H,24,25). The summed E-state index contributed by atoms with van der Waals surface area (Å²) in [6, 6.07) is 9.45. The van der Waals surface area contributed by atoms with Crippen molar-refractivity contribution in [3.63, 3.8) is 0 Å². The Kier molecular flexibility index (Phi) is 5.77. The van der Waals surface area contributed by atoms with E-state index in [4.69, 9.17) is 19.0 Å². The zero-order chi connectivity index (χ0) is 22.0. The Hall–Kier alpha value is -3.81. The Morgan fingerprint density at radius 3 is 1.87 bits per heavy atom. The molecule has 1 aromatic heterocycles. The van der Waals surface area contributed by atoms with Gasteiger partial charge in [-0.3, -0.25) is 0 Å². The van der Waals surface area contributed by atoms with Gasteiger partial charge in [-0.25, -0.2) is 14.4 Å². The minimum Gasteiger partial charge on any atom is -0.478 e. The van der Waals surface area contributed by atoms with Crippen molar-refractivity contribution < 1.29 is 33.4 Å². The van der Waals surface area contributed by atoms with E-state index in [0.29, 0.717) is 22.8 Å². The summed E-state index contributed by atoms with van der Waals surface area (Å²) >= 11 is 0. The van der Waals surface area contributed by atoms with Crippen LogP contribution in [-0.4, -0.2) is 37.2 Å². The molecule has 8 heteroatoms. The summed E-state index contributed by atoms with van der Waals surface area (Å²) in [7, 11) is 2.52. The first-order valence-electron chi connectivity index (χ1n) is 9.06. The maximum absolute atomic E-state index is 12.8. The molecule has 0 unspecified atom stereocenters. The normalized spacial score (nSPS) is 14.7. The van der Waals surface area contributed by atoms with Crippen LogP contribution in [0.4, 0.5) is 5.69 Å². The van der Waals surface area contributed by atoms with Crippen LogP contribution in [0.25, 0.3) is 0 Å². The number of benzene rings is 1. The second-order valence-corrected chi connectivity index (χ2v) is 6.62. The Balaban J connectivity index is 2.27. The fourth-order valence-electron chi connectivity index (χ4n) is 3.69. The van der Waals surface area contributed by atoms with Crippen LogP contribution in [0.1, 0.15) is 35.9 Å². The van der Waals surface area contributed by atoms with Crippen molar-refractivity contribution in [2.75, 3.05) is 19.1 Å². The molecule has 1 N–H and O–H groups in total. The Labute approximate surface area is 173 Å². The van der Waals surface area contributed by atoms with E-state index in [1.165, 1.54) is 32.6 Å². The van der Waals surface area contributed by atoms with E-state index in [1.54, 1.807) is 43.0 Å². The number of ether oxygens (including phenoxy) is 2. The zero-order valence-corrected chi connectivity index (χ0v) is 17.0. The summed E-state index contributed by atoms with van der Waals surface area (Å²) in [5.41, 5.74) is 2.19. The maximum Gasteiger partial charge on any atom is 0.336 e. The number of allylic oxidation sites excluding steroid dienone is 2. The molecule has 0 amide bonds. The van der Waals surface area contributed by atoms with Gasteiger partial charge >= 0.3 is 17.9 Å². The molecule has 1 aromatic carbocycles. The molecule has 3 rings (SSSR count). The minimum atomic E-state index is -1.05. The van der Waals surface area contributed by atoms with Crippen LogP contribution in [0.2, 0.25) is 0 Å². The molecule has 0 aliphatic carbocycles. The lowest BCUT2D eigenvalue weighted by atomic mass is 9.82. The quantitative estimate of drug-likeness (QED) is 0.746. The highest BCUT2D eigenvalue weighted by Crippen LogP contribution is 2.44. The number of carboxylic acids is 1. The molecular weight excluding hydrogens is 390 g/mol. The molecule has 0 spiro atoms. The molecule has 2 heterocycles. The zero-order valence-electron chi connectivity index (χ0n) is 17.0. The molecular formula is C22H21NO7. The van der Waals surface area contributed by atoms with Crippen LogP contribution in [0, 0.1) is 0 Å². The molecule has 30 heavy (non-hydrogen) atoms. The number of anilines is 1. The maximum atomic E-state index is 12.8. The van der Waals surface area contributed by atoms with Crippen molar-refractivity contribution in [1.29, 1.82) is 0 Å². The number of rotatable bonds is 5. The topological polar surface area (TPSA) is 106 Å². The van der Waals surface area contributed by atoms with Gasteiger partial charge in [0.2, 0.25) is 0 Å². The van der Waals surface area contributed by atoms with Gasteiger partial charge < -0.3 is 23.9 Å². The van der Waals surface area contributed by atoms with Gasteiger partial charge in [-0.15, -0.1) is 0 Å².